The average molecular weight is 434 g/mol. The summed E-state index contributed by atoms with van der Waals surface area (Å²) in [6.07, 6.45) is 9.49. The van der Waals surface area contributed by atoms with E-state index >= 15 is 0 Å². The van der Waals surface area contributed by atoms with Gasteiger partial charge < -0.3 is 14.5 Å². The van der Waals surface area contributed by atoms with Gasteiger partial charge >= 0.3 is 0 Å². The van der Waals surface area contributed by atoms with E-state index in [4.69, 9.17) is 0 Å². The Morgan fingerprint density at radius 3 is 2.77 bits per heavy atom. The van der Waals surface area contributed by atoms with Gasteiger partial charge in [0, 0.05) is 29.2 Å². The van der Waals surface area contributed by atoms with E-state index in [9.17, 15) is 4.79 Å². The molecule has 9 heteroatoms. The van der Waals surface area contributed by atoms with Gasteiger partial charge in [0.15, 0.2) is 5.82 Å². The highest BCUT2D eigenvalue weighted by Crippen LogP contribution is 2.39. The van der Waals surface area contributed by atoms with E-state index in [0.29, 0.717) is 11.7 Å². The number of carbonyl (C=O) groups excluding carboxylic acids is 1. The van der Waals surface area contributed by atoms with Gasteiger partial charge in [0.2, 0.25) is 0 Å². The van der Waals surface area contributed by atoms with Gasteiger partial charge in [-0.2, -0.15) is 0 Å². The molecule has 8 nitrogen and oxygen atoms in total. The van der Waals surface area contributed by atoms with Gasteiger partial charge in [0.25, 0.3) is 5.91 Å². The van der Waals surface area contributed by atoms with Gasteiger partial charge in [0.05, 0.1) is 28.3 Å². The molecule has 5 rings (SSSR count). The highest BCUT2D eigenvalue weighted by atomic mass is 32.1. The van der Waals surface area contributed by atoms with Crippen molar-refractivity contribution in [3.8, 4) is 16.4 Å². The van der Waals surface area contributed by atoms with Crippen LogP contribution >= 0.6 is 11.3 Å². The predicted octanol–water partition coefficient (Wildman–Crippen LogP) is 4.47. The van der Waals surface area contributed by atoms with Gasteiger partial charge in [-0.3, -0.25) is 9.78 Å². The van der Waals surface area contributed by atoms with Gasteiger partial charge in [0.1, 0.15) is 12.0 Å². The Morgan fingerprint density at radius 2 is 2.03 bits per heavy atom. The molecule has 0 bridgehead atoms. The highest BCUT2D eigenvalue weighted by Gasteiger charge is 2.27. The number of aromatic nitrogens is 6. The molecule has 0 unspecified atom stereocenters. The number of nitrogens with zero attached hydrogens (tertiary/aromatic N) is 6. The molecule has 0 radical (unpaired) electrons. The third kappa shape index (κ3) is 4.00. The summed E-state index contributed by atoms with van der Waals surface area (Å²) in [5.74, 6) is 0.592. The maximum atomic E-state index is 12.8. The van der Waals surface area contributed by atoms with Crippen molar-refractivity contribution in [3.05, 3.63) is 60.0 Å². The monoisotopic (exact) mass is 433 g/mol. The van der Waals surface area contributed by atoms with Crippen LogP contribution in [0.5, 0.6) is 0 Å². The molecule has 31 heavy (non-hydrogen) atoms. The van der Waals surface area contributed by atoms with E-state index in [1.54, 1.807) is 24.9 Å². The van der Waals surface area contributed by atoms with Crippen LogP contribution in [0.25, 0.3) is 16.4 Å². The third-order valence-corrected chi connectivity index (χ3v) is 6.14. The van der Waals surface area contributed by atoms with Gasteiger partial charge in [-0.15, -0.1) is 21.5 Å². The number of pyridine rings is 1. The molecule has 0 spiro atoms. The minimum absolute atomic E-state index is 0.0428. The quantitative estimate of drug-likeness (QED) is 0.501. The number of rotatable bonds is 5. The molecular formula is C22H23N7OS. The topological polar surface area (TPSA) is 90.5 Å². The number of thiophene rings is 1. The van der Waals surface area contributed by atoms with Crippen LogP contribution < -0.4 is 5.32 Å². The van der Waals surface area contributed by atoms with Gasteiger partial charge in [-0.1, -0.05) is 20.8 Å². The summed E-state index contributed by atoms with van der Waals surface area (Å²) in [6.45, 7) is 6.36. The van der Waals surface area contributed by atoms with Crippen LogP contribution in [0.4, 0.5) is 5.69 Å². The van der Waals surface area contributed by atoms with Crippen molar-refractivity contribution < 1.29 is 4.79 Å². The van der Waals surface area contributed by atoms with E-state index in [1.807, 2.05) is 28.3 Å². The van der Waals surface area contributed by atoms with E-state index in [1.165, 1.54) is 11.3 Å². The van der Waals surface area contributed by atoms with Crippen LogP contribution in [0.15, 0.2) is 48.6 Å². The molecule has 1 fully saturated rings. The van der Waals surface area contributed by atoms with E-state index in [0.717, 1.165) is 40.6 Å². The number of anilines is 1. The van der Waals surface area contributed by atoms with Crippen molar-refractivity contribution in [1.29, 1.82) is 0 Å². The largest absolute Gasteiger partial charge is 0.320 e. The lowest BCUT2D eigenvalue weighted by molar-refractivity contribution is 0.102. The average Bonchev–Trinajstić information content (AvgIpc) is 3.16. The van der Waals surface area contributed by atoms with Gasteiger partial charge in [-0.05, 0) is 31.0 Å². The first-order valence-corrected chi connectivity index (χ1v) is 11.1. The van der Waals surface area contributed by atoms with Crippen molar-refractivity contribution in [2.24, 2.45) is 0 Å². The molecule has 4 aromatic rings. The number of hydrogen-bond acceptors (Lipinski definition) is 6. The molecule has 158 valence electrons. The summed E-state index contributed by atoms with van der Waals surface area (Å²) < 4.78 is 4.02. The molecule has 0 aromatic carbocycles. The zero-order valence-corrected chi connectivity index (χ0v) is 18.4. The van der Waals surface area contributed by atoms with Crippen LogP contribution in [-0.2, 0) is 5.41 Å². The minimum Gasteiger partial charge on any atom is -0.320 e. The van der Waals surface area contributed by atoms with Crippen LogP contribution in [0.3, 0.4) is 0 Å². The van der Waals surface area contributed by atoms with E-state index in [-0.39, 0.29) is 11.3 Å². The molecule has 0 saturated heterocycles. The SMILES string of the molecule is CC(C)(C)c1cn(-c2ccnc(C(=O)Nc3csc(-c4nncn4C4CC4)c3)c2)cn1. The Kier molecular flexibility index (Phi) is 4.70. The number of imidazole rings is 1. The normalized spacial score (nSPS) is 14.0. The van der Waals surface area contributed by atoms with Crippen LogP contribution in [0.1, 0.15) is 55.8 Å². The Balaban J connectivity index is 1.33. The fourth-order valence-electron chi connectivity index (χ4n) is 3.31. The molecule has 4 aromatic heterocycles. The second-order valence-corrected chi connectivity index (χ2v) is 9.67. The fourth-order valence-corrected chi connectivity index (χ4v) is 4.14. The summed E-state index contributed by atoms with van der Waals surface area (Å²) in [5, 5.41) is 13.2. The Hall–Kier alpha value is -3.33. The third-order valence-electron chi connectivity index (χ3n) is 5.22. The first kappa shape index (κ1) is 19.6. The number of nitrogens with one attached hydrogen (secondary N) is 1. The smallest absolute Gasteiger partial charge is 0.274 e. The van der Waals surface area contributed by atoms with Crippen molar-refractivity contribution in [3.63, 3.8) is 0 Å². The lowest BCUT2D eigenvalue weighted by Crippen LogP contribution is -2.13. The predicted molar refractivity (Wildman–Crippen MR) is 120 cm³/mol. The zero-order valence-electron chi connectivity index (χ0n) is 17.6. The minimum atomic E-state index is -0.258. The highest BCUT2D eigenvalue weighted by molar-refractivity contribution is 7.14. The fraction of sp³-hybridized carbons (Fsp3) is 0.318. The summed E-state index contributed by atoms with van der Waals surface area (Å²) >= 11 is 1.54. The summed E-state index contributed by atoms with van der Waals surface area (Å²) in [4.78, 5) is 22.5. The summed E-state index contributed by atoms with van der Waals surface area (Å²) in [7, 11) is 0. The van der Waals surface area contributed by atoms with Crippen molar-refractivity contribution in [1.82, 2.24) is 29.3 Å². The molecule has 1 amide bonds. The lowest BCUT2D eigenvalue weighted by atomic mass is 9.93. The van der Waals surface area contributed by atoms with Gasteiger partial charge in [-0.25, -0.2) is 4.98 Å². The molecule has 1 saturated carbocycles. The van der Waals surface area contributed by atoms with E-state index < -0.39 is 0 Å². The Bertz CT molecular complexity index is 1240. The molecule has 4 heterocycles. The van der Waals surface area contributed by atoms with Crippen LogP contribution in [0, 0.1) is 0 Å². The maximum absolute atomic E-state index is 12.8. The van der Waals surface area contributed by atoms with Crippen LogP contribution in [0.2, 0.25) is 0 Å². The Labute approximate surface area is 184 Å². The second-order valence-electron chi connectivity index (χ2n) is 8.76. The molecule has 0 atom stereocenters. The molecule has 0 aliphatic heterocycles. The lowest BCUT2D eigenvalue weighted by Gasteiger charge is -2.14. The summed E-state index contributed by atoms with van der Waals surface area (Å²) in [5.41, 5.74) is 2.85. The number of hydrogen-bond donors (Lipinski definition) is 1. The second kappa shape index (κ2) is 7.42. The first-order valence-electron chi connectivity index (χ1n) is 10.2. The Morgan fingerprint density at radius 1 is 1.19 bits per heavy atom. The van der Waals surface area contributed by atoms with Crippen molar-refractivity contribution >= 4 is 22.9 Å². The standard InChI is InChI=1S/C22H23N7OS/c1-22(2,3)19-10-28(12-24-19)16-6-7-23-17(9-16)21(30)26-14-8-18(31-11-14)20-27-25-13-29(20)15-4-5-15/h6-13,15H,4-5H2,1-3H3,(H,26,30). The van der Waals surface area contributed by atoms with Crippen molar-refractivity contribution in [2.45, 2.75) is 45.1 Å². The first-order chi connectivity index (χ1) is 14.9. The molecule has 1 N–H and O–H groups in total. The summed E-state index contributed by atoms with van der Waals surface area (Å²) in [6, 6.07) is 6.05. The van der Waals surface area contributed by atoms with Crippen LogP contribution in [-0.4, -0.2) is 35.2 Å². The van der Waals surface area contributed by atoms with E-state index in [2.05, 4.69) is 50.8 Å². The molecule has 1 aliphatic rings. The molecule has 1 aliphatic carbocycles. The maximum Gasteiger partial charge on any atom is 0.274 e. The van der Waals surface area contributed by atoms with Crippen molar-refractivity contribution in [2.75, 3.05) is 5.32 Å². The number of carbonyl (C=O) groups is 1. The number of amides is 1. The molecular weight excluding hydrogens is 410 g/mol. The zero-order chi connectivity index (χ0) is 21.6.